The van der Waals surface area contributed by atoms with Crippen LogP contribution in [0.5, 0.6) is 0 Å². The largest absolute Gasteiger partial charge is 0.397 e. The molecule has 3 N–H and O–H groups in total. The molecule has 1 amide bonds. The van der Waals surface area contributed by atoms with Crippen LogP contribution in [0.3, 0.4) is 0 Å². The lowest BCUT2D eigenvalue weighted by molar-refractivity contribution is -0.115. The number of nitrogen functional groups attached to an aromatic ring is 1. The molecule has 0 atom stereocenters. The van der Waals surface area contributed by atoms with Gasteiger partial charge < -0.3 is 16.0 Å². The smallest absolute Gasteiger partial charge is 0.228 e. The molecule has 0 radical (unpaired) electrons. The number of anilines is 3. The van der Waals surface area contributed by atoms with Gasteiger partial charge in [0, 0.05) is 19.3 Å². The van der Waals surface area contributed by atoms with Gasteiger partial charge in [-0.3, -0.25) is 4.79 Å². The zero-order valence-corrected chi connectivity index (χ0v) is 11.5. The number of nitrogens with two attached hydrogens (primary N) is 1. The van der Waals surface area contributed by atoms with Gasteiger partial charge in [-0.25, -0.2) is 0 Å². The molecule has 1 aromatic carbocycles. The molecule has 1 aliphatic heterocycles. The third-order valence-electron chi connectivity index (χ3n) is 3.00. The molecule has 0 spiro atoms. The van der Waals surface area contributed by atoms with Gasteiger partial charge in [-0.2, -0.15) is 0 Å². The first-order valence-corrected chi connectivity index (χ1v) is 6.20. The maximum Gasteiger partial charge on any atom is 0.228 e. The second-order valence-electron chi connectivity index (χ2n) is 6.21. The Morgan fingerprint density at radius 1 is 1.39 bits per heavy atom. The predicted molar refractivity (Wildman–Crippen MR) is 75.9 cm³/mol. The van der Waals surface area contributed by atoms with Crippen LogP contribution in [0, 0.1) is 5.41 Å². The van der Waals surface area contributed by atoms with Crippen molar-refractivity contribution in [2.75, 3.05) is 29.5 Å². The minimum Gasteiger partial charge on any atom is -0.397 e. The second kappa shape index (κ2) is 4.19. The first kappa shape index (κ1) is 12.7. The Morgan fingerprint density at radius 3 is 2.67 bits per heavy atom. The van der Waals surface area contributed by atoms with E-state index >= 15 is 0 Å². The molecule has 1 aromatic rings. The highest BCUT2D eigenvalue weighted by atomic mass is 16.1. The Labute approximate surface area is 108 Å². The highest BCUT2D eigenvalue weighted by Gasteiger charge is 2.22. The summed E-state index contributed by atoms with van der Waals surface area (Å²) >= 11 is 0. The van der Waals surface area contributed by atoms with E-state index in [9.17, 15) is 4.79 Å². The molecule has 1 heterocycles. The molecule has 0 bridgehead atoms. The van der Waals surface area contributed by atoms with E-state index in [0.29, 0.717) is 6.42 Å². The van der Waals surface area contributed by atoms with Crippen molar-refractivity contribution in [3.63, 3.8) is 0 Å². The summed E-state index contributed by atoms with van der Waals surface area (Å²) in [6, 6.07) is 3.88. The van der Waals surface area contributed by atoms with Crippen LogP contribution in [0.25, 0.3) is 0 Å². The van der Waals surface area contributed by atoms with Crippen LogP contribution in [0.4, 0.5) is 17.1 Å². The van der Waals surface area contributed by atoms with Gasteiger partial charge in [-0.05, 0) is 23.1 Å². The molecule has 0 unspecified atom stereocenters. The van der Waals surface area contributed by atoms with Crippen LogP contribution in [-0.2, 0) is 11.2 Å². The number of amides is 1. The summed E-state index contributed by atoms with van der Waals surface area (Å²) in [5, 5.41) is 2.86. The van der Waals surface area contributed by atoms with Crippen molar-refractivity contribution in [1.29, 1.82) is 0 Å². The standard InChI is InChI=1S/C14H21N3O/c1-14(2,3)8-17(4)12-7-11-9(5-10(12)15)6-13(18)16-11/h5,7H,6,8,15H2,1-4H3,(H,16,18). The van der Waals surface area contributed by atoms with E-state index in [1.54, 1.807) is 0 Å². The summed E-state index contributed by atoms with van der Waals surface area (Å²) in [7, 11) is 2.03. The summed E-state index contributed by atoms with van der Waals surface area (Å²) in [6.45, 7) is 7.47. The van der Waals surface area contributed by atoms with E-state index in [4.69, 9.17) is 5.73 Å². The van der Waals surface area contributed by atoms with E-state index in [-0.39, 0.29) is 11.3 Å². The summed E-state index contributed by atoms with van der Waals surface area (Å²) in [4.78, 5) is 13.5. The Kier molecular flexibility index (Phi) is 2.97. The van der Waals surface area contributed by atoms with Gasteiger partial charge in [0.15, 0.2) is 0 Å². The highest BCUT2D eigenvalue weighted by Crippen LogP contribution is 2.34. The van der Waals surface area contributed by atoms with Crippen molar-refractivity contribution in [3.8, 4) is 0 Å². The van der Waals surface area contributed by atoms with Gasteiger partial charge in [0.1, 0.15) is 0 Å². The Morgan fingerprint density at radius 2 is 2.06 bits per heavy atom. The minimum absolute atomic E-state index is 0.0417. The first-order chi connectivity index (χ1) is 8.26. The maximum atomic E-state index is 11.4. The lowest BCUT2D eigenvalue weighted by Gasteiger charge is -2.29. The molecule has 18 heavy (non-hydrogen) atoms. The molecular weight excluding hydrogens is 226 g/mol. The highest BCUT2D eigenvalue weighted by molar-refractivity contribution is 6.00. The average Bonchev–Trinajstić information content (AvgIpc) is 2.53. The monoisotopic (exact) mass is 247 g/mol. The van der Waals surface area contributed by atoms with Gasteiger partial charge in [-0.15, -0.1) is 0 Å². The molecule has 0 aromatic heterocycles. The maximum absolute atomic E-state index is 11.4. The Hall–Kier alpha value is -1.71. The fourth-order valence-electron chi connectivity index (χ4n) is 2.41. The summed E-state index contributed by atoms with van der Waals surface area (Å²) in [5.74, 6) is 0.0417. The Bertz CT molecular complexity index is 489. The number of carbonyl (C=O) groups is 1. The van der Waals surface area contributed by atoms with Crippen molar-refractivity contribution in [2.45, 2.75) is 27.2 Å². The van der Waals surface area contributed by atoms with Crippen molar-refractivity contribution in [3.05, 3.63) is 17.7 Å². The number of fused-ring (bicyclic) bond motifs is 1. The summed E-state index contributed by atoms with van der Waals surface area (Å²) in [5.41, 5.74) is 9.87. The van der Waals surface area contributed by atoms with Gasteiger partial charge in [0.05, 0.1) is 17.8 Å². The predicted octanol–water partition coefficient (Wildman–Crippen LogP) is 2.25. The molecule has 1 aliphatic rings. The number of hydrogen-bond donors (Lipinski definition) is 2. The van der Waals surface area contributed by atoms with E-state index in [1.807, 2.05) is 19.2 Å². The second-order valence-corrected chi connectivity index (χ2v) is 6.21. The quantitative estimate of drug-likeness (QED) is 0.788. The molecule has 0 saturated carbocycles. The van der Waals surface area contributed by atoms with Crippen molar-refractivity contribution in [2.24, 2.45) is 5.41 Å². The molecule has 4 heteroatoms. The van der Waals surface area contributed by atoms with Crippen LogP contribution >= 0.6 is 0 Å². The van der Waals surface area contributed by atoms with Crippen molar-refractivity contribution in [1.82, 2.24) is 0 Å². The SMILES string of the molecule is CN(CC(C)(C)C)c1cc2c(cc1N)CC(=O)N2. The van der Waals surface area contributed by atoms with Crippen LogP contribution in [0.15, 0.2) is 12.1 Å². The van der Waals surface area contributed by atoms with Crippen molar-refractivity contribution >= 4 is 23.0 Å². The Balaban J connectivity index is 2.30. The zero-order chi connectivity index (χ0) is 13.5. The molecule has 4 nitrogen and oxygen atoms in total. The summed E-state index contributed by atoms with van der Waals surface area (Å²) < 4.78 is 0. The number of carbonyl (C=O) groups excluding carboxylic acids is 1. The lowest BCUT2D eigenvalue weighted by atomic mass is 9.96. The van der Waals surface area contributed by atoms with E-state index in [2.05, 4.69) is 31.0 Å². The number of hydrogen-bond acceptors (Lipinski definition) is 3. The topological polar surface area (TPSA) is 58.4 Å². The third kappa shape index (κ3) is 2.58. The number of benzene rings is 1. The zero-order valence-electron chi connectivity index (χ0n) is 11.5. The van der Waals surface area contributed by atoms with E-state index in [1.165, 1.54) is 0 Å². The number of nitrogens with one attached hydrogen (secondary N) is 1. The normalized spacial score (nSPS) is 14.3. The van der Waals surface area contributed by atoms with Crippen molar-refractivity contribution < 1.29 is 4.79 Å². The molecule has 2 rings (SSSR count). The van der Waals surface area contributed by atoms with Crippen LogP contribution in [0.1, 0.15) is 26.3 Å². The first-order valence-electron chi connectivity index (χ1n) is 6.20. The minimum atomic E-state index is 0.0417. The van der Waals surface area contributed by atoms with Crippen LogP contribution in [-0.4, -0.2) is 19.5 Å². The van der Waals surface area contributed by atoms with Gasteiger partial charge in [-0.1, -0.05) is 20.8 Å². The molecule has 98 valence electrons. The van der Waals surface area contributed by atoms with Gasteiger partial charge >= 0.3 is 0 Å². The van der Waals surface area contributed by atoms with E-state index in [0.717, 1.165) is 29.2 Å². The fraction of sp³-hybridized carbons (Fsp3) is 0.500. The number of nitrogens with zero attached hydrogens (tertiary/aromatic N) is 1. The van der Waals surface area contributed by atoms with Crippen LogP contribution < -0.4 is 16.0 Å². The van der Waals surface area contributed by atoms with Gasteiger partial charge in [0.25, 0.3) is 0 Å². The van der Waals surface area contributed by atoms with E-state index < -0.39 is 0 Å². The van der Waals surface area contributed by atoms with Crippen LogP contribution in [0.2, 0.25) is 0 Å². The fourth-order valence-corrected chi connectivity index (χ4v) is 2.41. The number of rotatable bonds is 2. The molecule has 0 fully saturated rings. The van der Waals surface area contributed by atoms with Gasteiger partial charge in [0.2, 0.25) is 5.91 Å². The third-order valence-corrected chi connectivity index (χ3v) is 3.00. The molecule has 0 aliphatic carbocycles. The lowest BCUT2D eigenvalue weighted by Crippen LogP contribution is -2.29. The molecule has 0 saturated heterocycles. The molecular formula is C14H21N3O. The average molecular weight is 247 g/mol. The summed E-state index contributed by atoms with van der Waals surface area (Å²) in [6.07, 6.45) is 0.433.